The Morgan fingerprint density at radius 3 is 2.75 bits per heavy atom. The lowest BCUT2D eigenvalue weighted by molar-refractivity contribution is -0.132. The zero-order chi connectivity index (χ0) is 14.5. The van der Waals surface area contributed by atoms with E-state index in [4.69, 9.17) is 9.94 Å². The van der Waals surface area contributed by atoms with Crippen molar-refractivity contribution in [2.45, 2.75) is 26.7 Å². The van der Waals surface area contributed by atoms with Crippen LogP contribution in [-0.2, 0) is 4.79 Å². The van der Waals surface area contributed by atoms with Gasteiger partial charge < -0.3 is 14.8 Å². The number of carbonyl (C=O) groups excluding carboxylic acids is 1. The molecule has 0 atom stereocenters. The number of likely N-dealkylation sites (tertiary alicyclic amines) is 1. The van der Waals surface area contributed by atoms with Gasteiger partial charge in [-0.15, -0.1) is 0 Å². The molecule has 0 radical (unpaired) electrons. The van der Waals surface area contributed by atoms with E-state index in [0.29, 0.717) is 17.0 Å². The molecule has 1 aliphatic rings. The summed E-state index contributed by atoms with van der Waals surface area (Å²) in [5, 5.41) is 12.1. The van der Waals surface area contributed by atoms with Crippen LogP contribution in [0.25, 0.3) is 0 Å². The van der Waals surface area contributed by atoms with Crippen LogP contribution in [0.3, 0.4) is 0 Å². The van der Waals surface area contributed by atoms with E-state index in [-0.39, 0.29) is 12.5 Å². The van der Waals surface area contributed by atoms with Gasteiger partial charge in [-0.05, 0) is 44.4 Å². The van der Waals surface area contributed by atoms with E-state index in [9.17, 15) is 4.79 Å². The molecule has 2 rings (SSSR count). The van der Waals surface area contributed by atoms with Gasteiger partial charge in [-0.3, -0.25) is 4.79 Å². The summed E-state index contributed by atoms with van der Waals surface area (Å²) in [6.07, 6.45) is 2.13. The van der Waals surface area contributed by atoms with Crippen molar-refractivity contribution >= 4 is 11.6 Å². The molecule has 20 heavy (non-hydrogen) atoms. The van der Waals surface area contributed by atoms with Crippen molar-refractivity contribution in [2.75, 3.05) is 19.7 Å². The van der Waals surface area contributed by atoms with E-state index in [1.54, 1.807) is 6.92 Å². The number of benzene rings is 1. The number of carbonyl (C=O) groups is 1. The monoisotopic (exact) mass is 276 g/mol. The predicted molar refractivity (Wildman–Crippen MR) is 76.5 cm³/mol. The Hall–Kier alpha value is -2.04. The van der Waals surface area contributed by atoms with Gasteiger partial charge >= 0.3 is 0 Å². The van der Waals surface area contributed by atoms with Crippen LogP contribution in [0.1, 0.15) is 30.9 Å². The third-order valence-corrected chi connectivity index (χ3v) is 3.49. The van der Waals surface area contributed by atoms with Crippen molar-refractivity contribution in [3.05, 3.63) is 29.3 Å². The molecule has 1 saturated heterocycles. The van der Waals surface area contributed by atoms with Crippen LogP contribution >= 0.6 is 0 Å². The van der Waals surface area contributed by atoms with Crippen LogP contribution in [0, 0.1) is 6.92 Å². The lowest BCUT2D eigenvalue weighted by atomic mass is 10.1. The van der Waals surface area contributed by atoms with Gasteiger partial charge in [-0.25, -0.2) is 0 Å². The first-order chi connectivity index (χ1) is 9.61. The summed E-state index contributed by atoms with van der Waals surface area (Å²) < 4.78 is 5.63. The first kappa shape index (κ1) is 14.4. The first-order valence-electron chi connectivity index (χ1n) is 6.82. The van der Waals surface area contributed by atoms with Crippen molar-refractivity contribution in [1.29, 1.82) is 0 Å². The summed E-state index contributed by atoms with van der Waals surface area (Å²) in [5.41, 5.74) is 2.20. The summed E-state index contributed by atoms with van der Waals surface area (Å²) in [5.74, 6) is 0.585. The standard InChI is InChI=1S/C15H20N2O3/c1-11-5-6-13(12(2)16-19)14(9-11)20-10-15(18)17-7-3-4-8-17/h5-6,9,19H,3-4,7-8,10H2,1-2H3. The summed E-state index contributed by atoms with van der Waals surface area (Å²) in [6.45, 7) is 5.30. The number of hydrogen-bond acceptors (Lipinski definition) is 4. The largest absolute Gasteiger partial charge is 0.483 e. The van der Waals surface area contributed by atoms with Crippen LogP contribution in [0.5, 0.6) is 5.75 Å². The Morgan fingerprint density at radius 2 is 2.10 bits per heavy atom. The van der Waals surface area contributed by atoms with Crippen molar-refractivity contribution in [3.8, 4) is 5.75 Å². The zero-order valence-corrected chi connectivity index (χ0v) is 11.9. The summed E-state index contributed by atoms with van der Waals surface area (Å²) in [6, 6.07) is 5.60. The third kappa shape index (κ3) is 3.29. The Labute approximate surface area is 118 Å². The lowest BCUT2D eigenvalue weighted by Crippen LogP contribution is -2.32. The van der Waals surface area contributed by atoms with Crippen molar-refractivity contribution in [3.63, 3.8) is 0 Å². The number of aryl methyl sites for hydroxylation is 1. The molecule has 1 N–H and O–H groups in total. The maximum atomic E-state index is 12.0. The molecule has 1 aromatic rings. The van der Waals surface area contributed by atoms with Gasteiger partial charge in [0.25, 0.3) is 5.91 Å². The molecule has 1 amide bonds. The van der Waals surface area contributed by atoms with Gasteiger partial charge in [0.2, 0.25) is 0 Å². The molecular formula is C15H20N2O3. The molecule has 0 saturated carbocycles. The van der Waals surface area contributed by atoms with Crippen molar-refractivity contribution in [1.82, 2.24) is 4.90 Å². The SMILES string of the molecule is CC(=NO)c1ccc(C)cc1OCC(=O)N1CCCC1. The Morgan fingerprint density at radius 1 is 1.40 bits per heavy atom. The van der Waals surface area contributed by atoms with Crippen LogP contribution in [0.2, 0.25) is 0 Å². The molecule has 1 aromatic carbocycles. The smallest absolute Gasteiger partial charge is 0.260 e. The topological polar surface area (TPSA) is 62.1 Å². The van der Waals surface area contributed by atoms with Gasteiger partial charge in [-0.1, -0.05) is 11.2 Å². The first-order valence-corrected chi connectivity index (χ1v) is 6.82. The van der Waals surface area contributed by atoms with Gasteiger partial charge in [0.1, 0.15) is 5.75 Å². The second kappa shape index (κ2) is 6.41. The molecule has 1 heterocycles. The quantitative estimate of drug-likeness (QED) is 0.521. The zero-order valence-electron chi connectivity index (χ0n) is 11.9. The number of hydrogen-bond donors (Lipinski definition) is 1. The molecule has 0 unspecified atom stereocenters. The van der Waals surface area contributed by atoms with Crippen molar-refractivity contribution < 1.29 is 14.7 Å². The van der Waals surface area contributed by atoms with Gasteiger partial charge in [-0.2, -0.15) is 0 Å². The number of amides is 1. The van der Waals surface area contributed by atoms with E-state index >= 15 is 0 Å². The fraction of sp³-hybridized carbons (Fsp3) is 0.467. The van der Waals surface area contributed by atoms with Crippen LogP contribution in [-0.4, -0.2) is 41.4 Å². The summed E-state index contributed by atoms with van der Waals surface area (Å²) in [4.78, 5) is 13.8. The van der Waals surface area contributed by atoms with Crippen LogP contribution in [0.4, 0.5) is 0 Å². The fourth-order valence-electron chi connectivity index (χ4n) is 2.30. The predicted octanol–water partition coefficient (Wildman–Crippen LogP) is 2.19. The second-order valence-electron chi connectivity index (χ2n) is 5.06. The lowest BCUT2D eigenvalue weighted by Gasteiger charge is -2.17. The highest BCUT2D eigenvalue weighted by molar-refractivity contribution is 6.00. The molecule has 0 spiro atoms. The highest BCUT2D eigenvalue weighted by Gasteiger charge is 2.19. The third-order valence-electron chi connectivity index (χ3n) is 3.49. The van der Waals surface area contributed by atoms with Crippen LogP contribution < -0.4 is 4.74 Å². The minimum absolute atomic E-state index is 0.00791. The Kier molecular flexibility index (Phi) is 4.61. The minimum Gasteiger partial charge on any atom is -0.483 e. The van der Waals surface area contributed by atoms with Gasteiger partial charge in [0.15, 0.2) is 6.61 Å². The van der Waals surface area contributed by atoms with Crippen molar-refractivity contribution in [2.24, 2.45) is 5.16 Å². The normalized spacial score (nSPS) is 15.5. The number of oxime groups is 1. The van der Waals surface area contributed by atoms with E-state index in [2.05, 4.69) is 5.16 Å². The van der Waals surface area contributed by atoms with E-state index in [0.717, 1.165) is 31.5 Å². The number of nitrogens with zero attached hydrogens (tertiary/aromatic N) is 2. The Bertz CT molecular complexity index is 520. The molecule has 1 aliphatic heterocycles. The van der Waals surface area contributed by atoms with Crippen LogP contribution in [0.15, 0.2) is 23.4 Å². The average molecular weight is 276 g/mol. The molecule has 108 valence electrons. The van der Waals surface area contributed by atoms with E-state index in [1.165, 1.54) is 0 Å². The molecular weight excluding hydrogens is 256 g/mol. The maximum absolute atomic E-state index is 12.0. The molecule has 5 heteroatoms. The molecule has 1 fully saturated rings. The van der Waals surface area contributed by atoms with E-state index in [1.807, 2.05) is 30.0 Å². The highest BCUT2D eigenvalue weighted by Crippen LogP contribution is 2.21. The number of rotatable bonds is 4. The highest BCUT2D eigenvalue weighted by atomic mass is 16.5. The minimum atomic E-state index is 0.00791. The molecule has 0 aliphatic carbocycles. The molecule has 0 bridgehead atoms. The molecule has 0 aromatic heterocycles. The number of ether oxygens (including phenoxy) is 1. The second-order valence-corrected chi connectivity index (χ2v) is 5.06. The summed E-state index contributed by atoms with van der Waals surface area (Å²) in [7, 11) is 0. The summed E-state index contributed by atoms with van der Waals surface area (Å²) >= 11 is 0. The van der Waals surface area contributed by atoms with Gasteiger partial charge in [0, 0.05) is 18.7 Å². The molecule has 5 nitrogen and oxygen atoms in total. The van der Waals surface area contributed by atoms with Gasteiger partial charge in [0.05, 0.1) is 5.71 Å². The Balaban J connectivity index is 2.08. The average Bonchev–Trinajstić information content (AvgIpc) is 2.98. The maximum Gasteiger partial charge on any atom is 0.260 e. The fourth-order valence-corrected chi connectivity index (χ4v) is 2.30. The van der Waals surface area contributed by atoms with E-state index < -0.39 is 0 Å².